The van der Waals surface area contributed by atoms with Crippen LogP contribution in [0.15, 0.2) is 23.1 Å². The van der Waals surface area contributed by atoms with E-state index in [0.717, 1.165) is 31.0 Å². The molecule has 0 aromatic heterocycles. The van der Waals surface area contributed by atoms with Crippen LogP contribution in [0.3, 0.4) is 0 Å². The Morgan fingerprint density at radius 1 is 1.44 bits per heavy atom. The van der Waals surface area contributed by atoms with Crippen molar-refractivity contribution in [2.45, 2.75) is 17.7 Å². The molecule has 1 aromatic rings. The molecule has 1 aliphatic rings. The fourth-order valence-corrected chi connectivity index (χ4v) is 3.27. The summed E-state index contributed by atoms with van der Waals surface area (Å²) < 4.78 is 39.1. The molecule has 1 fully saturated rings. The van der Waals surface area contributed by atoms with E-state index < -0.39 is 15.8 Å². The van der Waals surface area contributed by atoms with E-state index in [-0.39, 0.29) is 28.5 Å². The fourth-order valence-electron chi connectivity index (χ4n) is 1.59. The molecule has 0 saturated heterocycles. The standard InChI is InChI=1S/C11H13ClFNO3S/c12-9-5-8(13)1-2-10(9)18(16,17)14-6-11(7-15)3-4-11/h1-2,5,14-15H,3-4,6-7H2. The molecule has 7 heteroatoms. The molecule has 0 bridgehead atoms. The predicted molar refractivity (Wildman–Crippen MR) is 65.4 cm³/mol. The number of aliphatic hydroxyl groups is 1. The molecule has 1 aromatic carbocycles. The molecule has 0 aliphatic heterocycles. The van der Waals surface area contributed by atoms with E-state index in [1.165, 1.54) is 0 Å². The van der Waals surface area contributed by atoms with Crippen LogP contribution >= 0.6 is 11.6 Å². The van der Waals surface area contributed by atoms with Crippen LogP contribution in [0.2, 0.25) is 5.02 Å². The number of benzene rings is 1. The van der Waals surface area contributed by atoms with E-state index in [4.69, 9.17) is 16.7 Å². The minimum Gasteiger partial charge on any atom is -0.396 e. The third kappa shape index (κ3) is 2.83. The van der Waals surface area contributed by atoms with Gasteiger partial charge in [-0.1, -0.05) is 11.6 Å². The maximum absolute atomic E-state index is 12.8. The first-order chi connectivity index (χ1) is 8.38. The molecule has 0 spiro atoms. The Kier molecular flexibility index (Phi) is 3.64. The van der Waals surface area contributed by atoms with Crippen molar-refractivity contribution in [1.29, 1.82) is 0 Å². The quantitative estimate of drug-likeness (QED) is 0.865. The van der Waals surface area contributed by atoms with Crippen molar-refractivity contribution in [1.82, 2.24) is 4.72 Å². The van der Waals surface area contributed by atoms with Crippen LogP contribution in [0.5, 0.6) is 0 Å². The topological polar surface area (TPSA) is 66.4 Å². The van der Waals surface area contributed by atoms with Gasteiger partial charge in [-0.05, 0) is 31.0 Å². The van der Waals surface area contributed by atoms with Gasteiger partial charge in [-0.3, -0.25) is 0 Å². The summed E-state index contributed by atoms with van der Waals surface area (Å²) in [4.78, 5) is -0.153. The lowest BCUT2D eigenvalue weighted by atomic mass is 10.1. The number of hydrogen-bond donors (Lipinski definition) is 2. The number of rotatable bonds is 5. The number of nitrogens with one attached hydrogen (secondary N) is 1. The third-order valence-corrected chi connectivity index (χ3v) is 5.00. The Bertz CT molecular complexity index is 557. The molecule has 0 heterocycles. The van der Waals surface area contributed by atoms with E-state index >= 15 is 0 Å². The van der Waals surface area contributed by atoms with Gasteiger partial charge in [0.15, 0.2) is 0 Å². The van der Waals surface area contributed by atoms with Crippen LogP contribution in [0.1, 0.15) is 12.8 Å². The van der Waals surface area contributed by atoms with Gasteiger partial charge in [-0.25, -0.2) is 17.5 Å². The summed E-state index contributed by atoms with van der Waals surface area (Å²) in [5.41, 5.74) is -0.334. The first-order valence-electron chi connectivity index (χ1n) is 5.44. The molecule has 100 valence electrons. The Balaban J connectivity index is 2.15. The predicted octanol–water partition coefficient (Wildman–Crippen LogP) is 1.53. The lowest BCUT2D eigenvalue weighted by molar-refractivity contribution is 0.213. The third-order valence-electron chi connectivity index (χ3n) is 3.11. The molecule has 1 saturated carbocycles. The molecule has 18 heavy (non-hydrogen) atoms. The van der Waals surface area contributed by atoms with Crippen LogP contribution in [0.25, 0.3) is 0 Å². The molecule has 0 atom stereocenters. The van der Waals surface area contributed by atoms with Crippen LogP contribution in [0, 0.1) is 11.2 Å². The number of halogens is 2. The smallest absolute Gasteiger partial charge is 0.242 e. The van der Waals surface area contributed by atoms with Gasteiger partial charge >= 0.3 is 0 Å². The summed E-state index contributed by atoms with van der Waals surface area (Å²) in [5, 5.41) is 8.95. The second-order valence-electron chi connectivity index (χ2n) is 4.56. The summed E-state index contributed by atoms with van der Waals surface area (Å²) >= 11 is 5.70. The number of aliphatic hydroxyl groups excluding tert-OH is 1. The molecule has 0 amide bonds. The van der Waals surface area contributed by atoms with Crippen molar-refractivity contribution in [3.63, 3.8) is 0 Å². The van der Waals surface area contributed by atoms with Gasteiger partial charge in [0, 0.05) is 18.6 Å². The van der Waals surface area contributed by atoms with Crippen LogP contribution < -0.4 is 4.72 Å². The normalized spacial score (nSPS) is 17.7. The molecule has 1 aliphatic carbocycles. The average molecular weight is 294 g/mol. The van der Waals surface area contributed by atoms with Crippen molar-refractivity contribution in [3.05, 3.63) is 29.0 Å². The first kappa shape index (κ1) is 13.7. The summed E-state index contributed by atoms with van der Waals surface area (Å²) in [5.74, 6) is -0.590. The van der Waals surface area contributed by atoms with Crippen molar-refractivity contribution in [2.24, 2.45) is 5.41 Å². The zero-order valence-corrected chi connectivity index (χ0v) is 11.1. The van der Waals surface area contributed by atoms with E-state index in [2.05, 4.69) is 4.72 Å². The molecule has 0 unspecified atom stereocenters. The molecular weight excluding hydrogens is 281 g/mol. The van der Waals surface area contributed by atoms with Crippen LogP contribution in [-0.4, -0.2) is 26.7 Å². The molecule has 2 rings (SSSR count). The van der Waals surface area contributed by atoms with Crippen molar-refractivity contribution >= 4 is 21.6 Å². The van der Waals surface area contributed by atoms with E-state index in [1.54, 1.807) is 0 Å². The Morgan fingerprint density at radius 2 is 2.11 bits per heavy atom. The zero-order chi connectivity index (χ0) is 13.4. The van der Waals surface area contributed by atoms with Crippen molar-refractivity contribution in [2.75, 3.05) is 13.2 Å². The minimum absolute atomic E-state index is 0.0489. The second kappa shape index (κ2) is 4.77. The molecule has 4 nitrogen and oxygen atoms in total. The van der Waals surface area contributed by atoms with Gasteiger partial charge in [0.25, 0.3) is 0 Å². The van der Waals surface area contributed by atoms with E-state index in [9.17, 15) is 12.8 Å². The maximum Gasteiger partial charge on any atom is 0.242 e. The Morgan fingerprint density at radius 3 is 2.61 bits per heavy atom. The highest BCUT2D eigenvalue weighted by molar-refractivity contribution is 7.89. The van der Waals surface area contributed by atoms with Gasteiger partial charge in [-0.2, -0.15) is 0 Å². The highest BCUT2D eigenvalue weighted by Gasteiger charge is 2.42. The number of sulfonamides is 1. The minimum atomic E-state index is -3.77. The Labute approximate surface area is 110 Å². The average Bonchev–Trinajstić information content (AvgIpc) is 3.07. The molecule has 2 N–H and O–H groups in total. The SMILES string of the molecule is O=S(=O)(NCC1(CO)CC1)c1ccc(F)cc1Cl. The lowest BCUT2D eigenvalue weighted by Crippen LogP contribution is -2.32. The van der Waals surface area contributed by atoms with Crippen LogP contribution in [-0.2, 0) is 10.0 Å². The summed E-state index contributed by atoms with van der Waals surface area (Å²) in [6, 6.07) is 3.12. The Hall–Kier alpha value is -0.690. The van der Waals surface area contributed by atoms with Crippen LogP contribution in [0.4, 0.5) is 4.39 Å². The van der Waals surface area contributed by atoms with Gasteiger partial charge in [0.2, 0.25) is 10.0 Å². The highest BCUT2D eigenvalue weighted by Crippen LogP contribution is 2.44. The fraction of sp³-hybridized carbons (Fsp3) is 0.455. The molecular formula is C11H13ClFNO3S. The molecule has 0 radical (unpaired) electrons. The highest BCUT2D eigenvalue weighted by atomic mass is 35.5. The van der Waals surface area contributed by atoms with E-state index in [0.29, 0.717) is 0 Å². The summed E-state index contributed by atoms with van der Waals surface area (Å²) in [6.45, 7) is 0.117. The van der Waals surface area contributed by atoms with Crippen molar-refractivity contribution < 1.29 is 17.9 Å². The number of hydrogen-bond acceptors (Lipinski definition) is 3. The largest absolute Gasteiger partial charge is 0.396 e. The van der Waals surface area contributed by atoms with Gasteiger partial charge < -0.3 is 5.11 Å². The second-order valence-corrected chi connectivity index (χ2v) is 6.70. The van der Waals surface area contributed by atoms with Crippen molar-refractivity contribution in [3.8, 4) is 0 Å². The zero-order valence-electron chi connectivity index (χ0n) is 9.49. The lowest BCUT2D eigenvalue weighted by Gasteiger charge is -2.13. The summed E-state index contributed by atoms with van der Waals surface area (Å²) in [6.07, 6.45) is 1.59. The summed E-state index contributed by atoms with van der Waals surface area (Å²) in [7, 11) is -3.77. The van der Waals surface area contributed by atoms with Gasteiger partial charge in [-0.15, -0.1) is 0 Å². The van der Waals surface area contributed by atoms with E-state index in [1.807, 2.05) is 0 Å². The first-order valence-corrected chi connectivity index (χ1v) is 7.30. The monoisotopic (exact) mass is 293 g/mol. The maximum atomic E-state index is 12.8. The van der Waals surface area contributed by atoms with Gasteiger partial charge in [0.05, 0.1) is 5.02 Å². The van der Waals surface area contributed by atoms with Gasteiger partial charge in [0.1, 0.15) is 10.7 Å².